The number of aromatic nitrogens is 2. The third-order valence-electron chi connectivity index (χ3n) is 6.14. The van der Waals surface area contributed by atoms with Gasteiger partial charge in [0.25, 0.3) is 0 Å². The average molecular weight is 400 g/mol. The molecule has 7 heteroatoms. The minimum absolute atomic E-state index is 0.121. The molecule has 0 N–H and O–H groups in total. The lowest BCUT2D eigenvalue weighted by Crippen LogP contribution is -2.49. The first-order chi connectivity index (χ1) is 14.1. The molecule has 1 amide bonds. The zero-order valence-electron chi connectivity index (χ0n) is 17.0. The fraction of sp³-hybridized carbons (Fsp3) is 0.545. The number of aryl methyl sites for hydroxylation is 1. The number of benzene rings is 1. The second-order valence-corrected chi connectivity index (χ2v) is 8.00. The largest absolute Gasteiger partial charge is 0.379 e. The number of morpholine rings is 1. The van der Waals surface area contributed by atoms with E-state index in [2.05, 4.69) is 14.5 Å². The molecule has 4 rings (SSSR count). The van der Waals surface area contributed by atoms with Crippen LogP contribution in [-0.2, 0) is 16.1 Å². The zero-order valence-corrected chi connectivity index (χ0v) is 17.0. The monoisotopic (exact) mass is 400 g/mol. The van der Waals surface area contributed by atoms with Crippen LogP contribution in [0.5, 0.6) is 0 Å². The summed E-state index contributed by atoms with van der Waals surface area (Å²) in [6.07, 6.45) is 5.84. The number of hydrogen-bond acceptors (Lipinski definition) is 4. The third-order valence-corrected chi connectivity index (χ3v) is 6.14. The van der Waals surface area contributed by atoms with Gasteiger partial charge in [-0.3, -0.25) is 9.69 Å². The average Bonchev–Trinajstić information content (AvgIpc) is 3.15. The van der Waals surface area contributed by atoms with Crippen molar-refractivity contribution in [3.63, 3.8) is 0 Å². The number of piperidine rings is 1. The van der Waals surface area contributed by atoms with E-state index in [1.54, 1.807) is 12.1 Å². The molecule has 2 aromatic rings. The van der Waals surface area contributed by atoms with E-state index < -0.39 is 0 Å². The Morgan fingerprint density at radius 1 is 1.17 bits per heavy atom. The van der Waals surface area contributed by atoms with E-state index in [4.69, 9.17) is 4.74 Å². The van der Waals surface area contributed by atoms with Gasteiger partial charge in [-0.2, -0.15) is 0 Å². The molecule has 2 aliphatic rings. The van der Waals surface area contributed by atoms with Crippen LogP contribution < -0.4 is 0 Å². The van der Waals surface area contributed by atoms with Crippen molar-refractivity contribution in [2.75, 3.05) is 39.4 Å². The number of halogens is 1. The van der Waals surface area contributed by atoms with Gasteiger partial charge in [0.2, 0.25) is 5.91 Å². The van der Waals surface area contributed by atoms with E-state index in [1.165, 1.54) is 12.1 Å². The Kier molecular flexibility index (Phi) is 6.25. The first kappa shape index (κ1) is 20.0. The van der Waals surface area contributed by atoms with Crippen LogP contribution >= 0.6 is 0 Å². The molecule has 0 aliphatic carbocycles. The van der Waals surface area contributed by atoms with Gasteiger partial charge in [0.1, 0.15) is 17.7 Å². The first-order valence-electron chi connectivity index (χ1n) is 10.5. The smallest absolute Gasteiger partial charge is 0.244 e. The molecule has 1 atom stereocenters. The molecule has 156 valence electrons. The number of hydrogen-bond donors (Lipinski definition) is 0. The van der Waals surface area contributed by atoms with Crippen LogP contribution in [0.25, 0.3) is 0 Å². The number of nitrogens with zero attached hydrogens (tertiary/aromatic N) is 4. The molecular formula is C22H29FN4O2. The van der Waals surface area contributed by atoms with Crippen LogP contribution in [0.1, 0.15) is 30.3 Å². The van der Waals surface area contributed by atoms with Crippen molar-refractivity contribution in [2.45, 2.75) is 32.4 Å². The number of ether oxygens (including phenoxy) is 1. The van der Waals surface area contributed by atoms with Crippen molar-refractivity contribution in [1.29, 1.82) is 0 Å². The number of imidazole rings is 1. The van der Waals surface area contributed by atoms with E-state index >= 15 is 0 Å². The number of carbonyl (C=O) groups excluding carboxylic acids is 1. The van der Waals surface area contributed by atoms with Crippen LogP contribution in [0.15, 0.2) is 36.7 Å². The van der Waals surface area contributed by atoms with Crippen LogP contribution in [0.4, 0.5) is 4.39 Å². The molecule has 0 saturated carbocycles. The quantitative estimate of drug-likeness (QED) is 0.774. The number of likely N-dealkylation sites (tertiary alicyclic amines) is 1. The van der Waals surface area contributed by atoms with E-state index in [0.717, 1.165) is 43.9 Å². The molecule has 0 bridgehead atoms. The Bertz CT molecular complexity index is 808. The Hall–Kier alpha value is -2.25. The van der Waals surface area contributed by atoms with Crippen LogP contribution in [0, 0.1) is 18.7 Å². The fourth-order valence-corrected chi connectivity index (χ4v) is 4.37. The highest BCUT2D eigenvalue weighted by Crippen LogP contribution is 2.28. The molecule has 6 nitrogen and oxygen atoms in total. The summed E-state index contributed by atoms with van der Waals surface area (Å²) in [6, 6.07) is 5.99. The predicted molar refractivity (Wildman–Crippen MR) is 108 cm³/mol. The van der Waals surface area contributed by atoms with Crippen molar-refractivity contribution >= 4 is 5.91 Å². The maximum atomic E-state index is 13.5. The Morgan fingerprint density at radius 2 is 1.86 bits per heavy atom. The number of rotatable bonds is 5. The summed E-state index contributed by atoms with van der Waals surface area (Å²) < 4.78 is 21.1. The molecule has 29 heavy (non-hydrogen) atoms. The maximum absolute atomic E-state index is 13.5. The van der Waals surface area contributed by atoms with Crippen molar-refractivity contribution < 1.29 is 13.9 Å². The molecule has 1 aromatic carbocycles. The van der Waals surface area contributed by atoms with Gasteiger partial charge in [-0.25, -0.2) is 9.37 Å². The highest BCUT2D eigenvalue weighted by atomic mass is 19.1. The molecule has 1 aromatic heterocycles. The van der Waals surface area contributed by atoms with E-state index in [0.29, 0.717) is 32.2 Å². The van der Waals surface area contributed by atoms with E-state index in [1.807, 2.05) is 24.2 Å². The fourth-order valence-electron chi connectivity index (χ4n) is 4.37. The summed E-state index contributed by atoms with van der Waals surface area (Å²) in [6.45, 7) is 7.18. The summed E-state index contributed by atoms with van der Waals surface area (Å²) in [7, 11) is 0. The second kappa shape index (κ2) is 9.05. The lowest BCUT2D eigenvalue weighted by atomic mass is 9.95. The molecular weight excluding hydrogens is 371 g/mol. The Labute approximate surface area is 171 Å². The third kappa shape index (κ3) is 4.67. The van der Waals surface area contributed by atoms with Crippen molar-refractivity contribution in [2.24, 2.45) is 5.92 Å². The number of carbonyl (C=O) groups is 1. The summed E-state index contributed by atoms with van der Waals surface area (Å²) in [4.78, 5) is 21.9. The Balaban J connectivity index is 1.43. The molecule has 3 heterocycles. The summed E-state index contributed by atoms with van der Waals surface area (Å²) >= 11 is 0. The summed E-state index contributed by atoms with van der Waals surface area (Å²) in [5, 5.41) is 0. The van der Waals surface area contributed by atoms with Gasteiger partial charge < -0.3 is 14.2 Å². The Morgan fingerprint density at radius 3 is 2.48 bits per heavy atom. The molecule has 2 fully saturated rings. The van der Waals surface area contributed by atoms with Crippen molar-refractivity contribution in [3.05, 3.63) is 53.9 Å². The molecule has 0 radical (unpaired) electrons. The minimum atomic E-state index is -0.369. The van der Waals surface area contributed by atoms with Crippen molar-refractivity contribution in [3.8, 4) is 0 Å². The van der Waals surface area contributed by atoms with Crippen LogP contribution in [0.3, 0.4) is 0 Å². The predicted octanol–water partition coefficient (Wildman–Crippen LogP) is 2.64. The van der Waals surface area contributed by atoms with Gasteiger partial charge in [0.05, 0.1) is 13.2 Å². The maximum Gasteiger partial charge on any atom is 0.244 e. The topological polar surface area (TPSA) is 50.6 Å². The van der Waals surface area contributed by atoms with Crippen LogP contribution in [-0.4, -0.2) is 64.7 Å². The van der Waals surface area contributed by atoms with Gasteiger partial charge in [0, 0.05) is 45.1 Å². The lowest BCUT2D eigenvalue weighted by molar-refractivity contribution is -0.140. The lowest BCUT2D eigenvalue weighted by Gasteiger charge is -2.39. The summed E-state index contributed by atoms with van der Waals surface area (Å²) in [5.74, 6) is 1.43. The first-order valence-corrected chi connectivity index (χ1v) is 10.5. The van der Waals surface area contributed by atoms with Gasteiger partial charge in [-0.1, -0.05) is 12.1 Å². The van der Waals surface area contributed by atoms with Gasteiger partial charge in [-0.05, 0) is 43.4 Å². The molecule has 0 spiro atoms. The van der Waals surface area contributed by atoms with E-state index in [9.17, 15) is 9.18 Å². The second-order valence-electron chi connectivity index (χ2n) is 8.00. The van der Waals surface area contributed by atoms with Crippen LogP contribution in [0.2, 0.25) is 0 Å². The van der Waals surface area contributed by atoms with E-state index in [-0.39, 0.29) is 17.8 Å². The highest BCUT2D eigenvalue weighted by molar-refractivity contribution is 5.83. The standard InChI is InChI=1S/C22H29FN4O2/c1-17-24-8-11-27(17)16-18-6-9-26(10-7-18)22(28)21(25-12-14-29-15-13-25)19-2-4-20(23)5-3-19/h2-5,8,11,18,21H,6-7,9-10,12-16H2,1H3. The minimum Gasteiger partial charge on any atom is -0.379 e. The number of amides is 1. The normalized spacial score (nSPS) is 20.0. The van der Waals surface area contributed by atoms with Gasteiger partial charge >= 0.3 is 0 Å². The highest BCUT2D eigenvalue weighted by Gasteiger charge is 2.34. The van der Waals surface area contributed by atoms with Gasteiger partial charge in [-0.15, -0.1) is 0 Å². The SMILES string of the molecule is Cc1nccn1CC1CCN(C(=O)C(c2ccc(F)cc2)N2CCOCC2)CC1. The zero-order chi connectivity index (χ0) is 20.2. The molecule has 2 saturated heterocycles. The molecule has 1 unspecified atom stereocenters. The summed E-state index contributed by atoms with van der Waals surface area (Å²) in [5.41, 5.74) is 0.856. The van der Waals surface area contributed by atoms with Crippen molar-refractivity contribution in [1.82, 2.24) is 19.4 Å². The molecule has 2 aliphatic heterocycles. The van der Waals surface area contributed by atoms with Gasteiger partial charge in [0.15, 0.2) is 0 Å².